The molecule has 2 atom stereocenters. The normalized spacial score (nSPS) is 12.8. The fraction of sp³-hybridized carbons (Fsp3) is 0.500. The maximum absolute atomic E-state index is 11.6. The molecule has 0 radical (unpaired) electrons. The highest BCUT2D eigenvalue weighted by Crippen LogP contribution is 1.98. The lowest BCUT2D eigenvalue weighted by molar-refractivity contribution is -0.438. The molecule has 0 unspecified atom stereocenters. The van der Waals surface area contributed by atoms with E-state index >= 15 is 0 Å². The molecule has 0 aromatic heterocycles. The summed E-state index contributed by atoms with van der Waals surface area (Å²) in [7, 11) is 0. The van der Waals surface area contributed by atoms with Crippen molar-refractivity contribution in [2.24, 2.45) is 0 Å². The van der Waals surface area contributed by atoms with Gasteiger partial charge in [0.2, 0.25) is 11.8 Å². The third kappa shape index (κ3) is 8.37. The average molecular weight is 301 g/mol. The summed E-state index contributed by atoms with van der Waals surface area (Å²) in [5.74, 6) is -3.66. The van der Waals surface area contributed by atoms with Crippen LogP contribution in [0.4, 0.5) is 0 Å². The largest absolute Gasteiger partial charge is 0.544 e. The topological polar surface area (TPSA) is 163 Å². The molecule has 0 rings (SSSR count). The van der Waals surface area contributed by atoms with Gasteiger partial charge in [-0.05, 0) is 6.42 Å². The van der Waals surface area contributed by atoms with Crippen molar-refractivity contribution < 1.29 is 35.1 Å². The Bertz CT molecular complexity index is 423. The van der Waals surface area contributed by atoms with Crippen molar-refractivity contribution in [2.45, 2.75) is 31.3 Å². The molecule has 0 aliphatic heterocycles. The summed E-state index contributed by atoms with van der Waals surface area (Å²) in [5.41, 5.74) is 3.35. The van der Waals surface area contributed by atoms with Gasteiger partial charge in [0.1, 0.15) is 18.6 Å². The van der Waals surface area contributed by atoms with Gasteiger partial charge in [-0.3, -0.25) is 14.4 Å². The molecule has 9 heteroatoms. The van der Waals surface area contributed by atoms with Crippen LogP contribution in [0.2, 0.25) is 0 Å². The average Bonchev–Trinajstić information content (AvgIpc) is 2.41. The van der Waals surface area contributed by atoms with E-state index in [9.17, 15) is 24.3 Å². The van der Waals surface area contributed by atoms with Gasteiger partial charge in [0, 0.05) is 12.8 Å². The molecular weight excluding hydrogens is 282 g/mol. The van der Waals surface area contributed by atoms with E-state index in [2.05, 4.69) is 22.9 Å². The van der Waals surface area contributed by atoms with E-state index in [-0.39, 0.29) is 19.3 Å². The first-order chi connectivity index (χ1) is 9.77. The van der Waals surface area contributed by atoms with Crippen LogP contribution in [0, 0.1) is 0 Å². The molecule has 0 aliphatic carbocycles. The minimum atomic E-state index is -1.28. The molecule has 0 saturated heterocycles. The molecular formula is C12H19N3O6. The number of nitrogens with one attached hydrogen (secondary N) is 2. The Balaban J connectivity index is 4.15. The molecule has 0 bridgehead atoms. The molecule has 0 aromatic rings. The second-order valence-corrected chi connectivity index (χ2v) is 4.30. The monoisotopic (exact) mass is 301 g/mol. The number of carbonyl (C=O) groups is 4. The van der Waals surface area contributed by atoms with Crippen molar-refractivity contribution >= 4 is 23.8 Å². The van der Waals surface area contributed by atoms with Crippen LogP contribution in [-0.2, 0) is 19.2 Å². The Morgan fingerprint density at radius 3 is 2.43 bits per heavy atom. The van der Waals surface area contributed by atoms with Gasteiger partial charge in [0.05, 0.1) is 5.97 Å². The molecule has 0 aliphatic rings. The van der Waals surface area contributed by atoms with Gasteiger partial charge in [-0.25, -0.2) is 0 Å². The predicted octanol–water partition coefficient (Wildman–Crippen LogP) is -3.61. The zero-order valence-corrected chi connectivity index (χ0v) is 11.5. The number of rotatable bonds is 10. The zero-order chi connectivity index (χ0) is 16.4. The van der Waals surface area contributed by atoms with Gasteiger partial charge in [-0.2, -0.15) is 0 Å². The van der Waals surface area contributed by atoms with Crippen molar-refractivity contribution in [3.63, 3.8) is 0 Å². The van der Waals surface area contributed by atoms with Crippen molar-refractivity contribution in [3.05, 3.63) is 12.7 Å². The van der Waals surface area contributed by atoms with Gasteiger partial charge < -0.3 is 31.4 Å². The fourth-order valence-electron chi connectivity index (χ4n) is 1.38. The Labute approximate surface area is 121 Å². The van der Waals surface area contributed by atoms with E-state index in [0.29, 0.717) is 0 Å². The summed E-state index contributed by atoms with van der Waals surface area (Å²) in [6.07, 6.45) is 1.63. The Morgan fingerprint density at radius 1 is 1.33 bits per heavy atom. The molecule has 0 fully saturated rings. The number of hydrogen-bond acceptors (Lipinski definition) is 5. The quantitative estimate of drug-likeness (QED) is 0.304. The number of carboxylic acid groups (broad SMARTS) is 2. The van der Waals surface area contributed by atoms with Crippen molar-refractivity contribution in [1.82, 2.24) is 10.6 Å². The third-order valence-corrected chi connectivity index (χ3v) is 2.54. The molecule has 0 heterocycles. The molecule has 118 valence electrons. The smallest absolute Gasteiger partial charge is 0.322 e. The lowest BCUT2D eigenvalue weighted by atomic mass is 10.1. The standard InChI is InChI=1S/C12H19N3O6/c1-2-8(11(19)14-6-10(17)18)15-9(16)5-3-4-7(13)12(20)21/h2,7-8H,1,3-6,13H2,(H,14,19)(H,15,16)(H,17,18)(H,20,21)/t7-,8-/m0/s1. The van der Waals surface area contributed by atoms with Crippen LogP contribution in [-0.4, -0.2) is 47.5 Å². The van der Waals surface area contributed by atoms with Crippen LogP contribution in [0.15, 0.2) is 12.7 Å². The van der Waals surface area contributed by atoms with Crippen molar-refractivity contribution in [2.75, 3.05) is 6.54 Å². The molecule has 0 aromatic carbocycles. The van der Waals surface area contributed by atoms with Gasteiger partial charge in [0.15, 0.2) is 0 Å². The first-order valence-corrected chi connectivity index (χ1v) is 6.23. The van der Waals surface area contributed by atoms with Crippen LogP contribution in [0.3, 0.4) is 0 Å². The van der Waals surface area contributed by atoms with E-state index in [1.165, 1.54) is 6.08 Å². The maximum Gasteiger partial charge on any atom is 0.322 e. The van der Waals surface area contributed by atoms with Crippen LogP contribution in [0.5, 0.6) is 0 Å². The minimum absolute atomic E-state index is 0.00977. The molecule has 6 N–H and O–H groups in total. The second kappa shape index (κ2) is 9.48. The second-order valence-electron chi connectivity index (χ2n) is 4.30. The van der Waals surface area contributed by atoms with Crippen LogP contribution in [0.1, 0.15) is 19.3 Å². The Hall–Kier alpha value is -2.42. The lowest BCUT2D eigenvalue weighted by Gasteiger charge is -2.14. The fourth-order valence-corrected chi connectivity index (χ4v) is 1.38. The highest BCUT2D eigenvalue weighted by molar-refractivity contribution is 5.90. The van der Waals surface area contributed by atoms with Crippen LogP contribution >= 0.6 is 0 Å². The molecule has 9 nitrogen and oxygen atoms in total. The summed E-state index contributed by atoms with van der Waals surface area (Å²) in [6.45, 7) is 2.81. The Morgan fingerprint density at radius 2 is 1.95 bits per heavy atom. The van der Waals surface area contributed by atoms with Crippen LogP contribution in [0.25, 0.3) is 0 Å². The molecule has 0 saturated carbocycles. The number of quaternary nitrogens is 1. The van der Waals surface area contributed by atoms with Crippen LogP contribution < -0.4 is 21.5 Å². The molecule has 21 heavy (non-hydrogen) atoms. The zero-order valence-electron chi connectivity index (χ0n) is 11.5. The summed E-state index contributed by atoms with van der Waals surface area (Å²) in [6, 6.07) is -1.94. The van der Waals surface area contributed by atoms with E-state index < -0.39 is 42.4 Å². The maximum atomic E-state index is 11.6. The van der Waals surface area contributed by atoms with Gasteiger partial charge in [-0.15, -0.1) is 6.58 Å². The van der Waals surface area contributed by atoms with E-state index in [4.69, 9.17) is 5.11 Å². The minimum Gasteiger partial charge on any atom is -0.544 e. The number of aliphatic carboxylic acids is 2. The first kappa shape index (κ1) is 18.6. The molecule has 0 spiro atoms. The lowest BCUT2D eigenvalue weighted by Crippen LogP contribution is -2.68. The number of amides is 2. The summed E-state index contributed by atoms with van der Waals surface area (Å²) in [5, 5.41) is 23.3. The highest BCUT2D eigenvalue weighted by atomic mass is 16.4. The van der Waals surface area contributed by atoms with Crippen molar-refractivity contribution in [1.29, 1.82) is 0 Å². The van der Waals surface area contributed by atoms with E-state index in [0.717, 1.165) is 0 Å². The molecule has 2 amide bonds. The summed E-state index contributed by atoms with van der Waals surface area (Å²) < 4.78 is 0. The Kier molecular flexibility index (Phi) is 8.39. The number of hydrogen-bond donors (Lipinski definition) is 4. The highest BCUT2D eigenvalue weighted by Gasteiger charge is 2.18. The van der Waals surface area contributed by atoms with Gasteiger partial charge >= 0.3 is 5.97 Å². The third-order valence-electron chi connectivity index (χ3n) is 2.54. The van der Waals surface area contributed by atoms with E-state index in [1.807, 2.05) is 0 Å². The summed E-state index contributed by atoms with van der Waals surface area (Å²) in [4.78, 5) is 43.8. The number of carboxylic acids is 2. The van der Waals surface area contributed by atoms with Gasteiger partial charge in [-0.1, -0.05) is 6.08 Å². The first-order valence-electron chi connectivity index (χ1n) is 6.23. The SMILES string of the molecule is C=C[C@H](NC(=O)CCC[C@H]([NH3+])C(=O)[O-])C(=O)NCC(=O)O. The van der Waals surface area contributed by atoms with Crippen molar-refractivity contribution in [3.8, 4) is 0 Å². The number of carbonyl (C=O) groups excluding carboxylic acids is 3. The predicted molar refractivity (Wildman–Crippen MR) is 68.3 cm³/mol. The van der Waals surface area contributed by atoms with E-state index in [1.54, 1.807) is 0 Å². The summed E-state index contributed by atoms with van der Waals surface area (Å²) >= 11 is 0. The van der Waals surface area contributed by atoms with Gasteiger partial charge in [0.25, 0.3) is 0 Å².